The van der Waals surface area contributed by atoms with Gasteiger partial charge in [0.1, 0.15) is 0 Å². The first-order valence-corrected chi connectivity index (χ1v) is 7.70. The van der Waals surface area contributed by atoms with Crippen molar-refractivity contribution in [3.63, 3.8) is 0 Å². The molecule has 1 aromatic carbocycles. The summed E-state index contributed by atoms with van der Waals surface area (Å²) >= 11 is 1.32. The minimum Gasteiger partial charge on any atom is -0.398 e. The number of nitrogens with two attached hydrogens (primary N) is 1. The van der Waals surface area contributed by atoms with Crippen molar-refractivity contribution in [1.82, 2.24) is 14.6 Å². The van der Waals surface area contributed by atoms with Crippen molar-refractivity contribution in [2.75, 3.05) is 16.8 Å². The second-order valence-corrected chi connectivity index (χ2v) is 5.82. The Morgan fingerprint density at radius 2 is 2.18 bits per heavy atom. The number of aryl methyl sites for hydroxylation is 1. The van der Waals surface area contributed by atoms with Gasteiger partial charge in [0.15, 0.2) is 10.8 Å². The Balaban J connectivity index is 1.66. The third-order valence-electron chi connectivity index (χ3n) is 3.03. The number of nitrogen functional groups attached to an aromatic ring is 1. The number of carbonyl (C=O) groups excluding carboxylic acids is 1. The molecule has 0 atom stereocenters. The fourth-order valence-corrected chi connectivity index (χ4v) is 2.75. The van der Waals surface area contributed by atoms with Crippen molar-refractivity contribution in [1.29, 1.82) is 0 Å². The first kappa shape index (κ1) is 14.4. The van der Waals surface area contributed by atoms with Gasteiger partial charge in [0.05, 0.1) is 5.75 Å². The first-order valence-electron chi connectivity index (χ1n) is 6.71. The summed E-state index contributed by atoms with van der Waals surface area (Å²) in [5, 5.41) is 11.6. The molecular formula is C15H15N5OS. The molecule has 0 radical (unpaired) electrons. The van der Waals surface area contributed by atoms with Crippen molar-refractivity contribution in [3.8, 4) is 0 Å². The van der Waals surface area contributed by atoms with Crippen LogP contribution in [0.5, 0.6) is 0 Å². The number of carbonyl (C=O) groups is 1. The summed E-state index contributed by atoms with van der Waals surface area (Å²) in [5.74, 6) is 0.167. The average Bonchev–Trinajstić information content (AvgIpc) is 2.87. The number of hydrogen-bond acceptors (Lipinski definition) is 5. The van der Waals surface area contributed by atoms with Crippen molar-refractivity contribution in [2.24, 2.45) is 0 Å². The minimum absolute atomic E-state index is 0.0868. The molecule has 2 heterocycles. The van der Waals surface area contributed by atoms with Gasteiger partial charge in [0, 0.05) is 17.6 Å². The fourth-order valence-electron chi connectivity index (χ4n) is 2.03. The van der Waals surface area contributed by atoms with Gasteiger partial charge in [-0.15, -0.1) is 10.2 Å². The van der Waals surface area contributed by atoms with E-state index < -0.39 is 0 Å². The monoisotopic (exact) mass is 313 g/mol. The molecule has 7 heteroatoms. The van der Waals surface area contributed by atoms with Crippen LogP contribution in [-0.2, 0) is 4.79 Å². The fraction of sp³-hybridized carbons (Fsp3) is 0.133. The van der Waals surface area contributed by atoms with Crippen LogP contribution in [0.25, 0.3) is 5.65 Å². The van der Waals surface area contributed by atoms with Crippen LogP contribution >= 0.6 is 11.8 Å². The molecule has 22 heavy (non-hydrogen) atoms. The Kier molecular flexibility index (Phi) is 3.97. The second-order valence-electron chi connectivity index (χ2n) is 4.88. The van der Waals surface area contributed by atoms with E-state index in [0.29, 0.717) is 16.5 Å². The molecule has 112 valence electrons. The summed E-state index contributed by atoms with van der Waals surface area (Å²) in [6.45, 7) is 1.98. The van der Waals surface area contributed by atoms with Crippen molar-refractivity contribution in [2.45, 2.75) is 12.1 Å². The zero-order valence-electron chi connectivity index (χ0n) is 12.0. The van der Waals surface area contributed by atoms with Gasteiger partial charge in [0.25, 0.3) is 0 Å². The van der Waals surface area contributed by atoms with Crippen LogP contribution in [0, 0.1) is 6.92 Å². The van der Waals surface area contributed by atoms with Gasteiger partial charge in [-0.2, -0.15) is 0 Å². The highest BCUT2D eigenvalue weighted by atomic mass is 32.2. The summed E-state index contributed by atoms with van der Waals surface area (Å²) in [4.78, 5) is 12.0. The predicted octanol–water partition coefficient (Wildman–Crippen LogP) is 2.35. The number of nitrogens with one attached hydrogen (secondary N) is 1. The normalized spacial score (nSPS) is 10.8. The molecule has 0 spiro atoms. The Bertz CT molecular complexity index is 830. The highest BCUT2D eigenvalue weighted by Gasteiger charge is 2.09. The van der Waals surface area contributed by atoms with E-state index in [1.54, 1.807) is 22.7 Å². The van der Waals surface area contributed by atoms with Crippen LogP contribution in [-0.4, -0.2) is 26.3 Å². The molecule has 0 unspecified atom stereocenters. The highest BCUT2D eigenvalue weighted by Crippen LogP contribution is 2.19. The molecule has 3 N–H and O–H groups in total. The molecule has 0 saturated carbocycles. The number of rotatable bonds is 4. The number of aromatic nitrogens is 3. The average molecular weight is 313 g/mol. The van der Waals surface area contributed by atoms with Crippen LogP contribution in [0.3, 0.4) is 0 Å². The lowest BCUT2D eigenvalue weighted by Gasteiger charge is -2.05. The minimum atomic E-state index is -0.0868. The number of benzene rings is 1. The molecule has 0 bridgehead atoms. The summed E-state index contributed by atoms with van der Waals surface area (Å²) in [5.41, 5.74) is 8.98. The van der Waals surface area contributed by atoms with Crippen LogP contribution in [0.15, 0.2) is 47.8 Å². The van der Waals surface area contributed by atoms with Gasteiger partial charge in [-0.05, 0) is 36.8 Å². The third-order valence-corrected chi connectivity index (χ3v) is 3.97. The Morgan fingerprint density at radius 1 is 1.32 bits per heavy atom. The molecule has 3 aromatic rings. The van der Waals surface area contributed by atoms with E-state index in [-0.39, 0.29) is 11.7 Å². The molecule has 2 aromatic heterocycles. The van der Waals surface area contributed by atoms with Gasteiger partial charge >= 0.3 is 0 Å². The molecule has 1 amide bonds. The molecule has 0 saturated heterocycles. The van der Waals surface area contributed by atoms with E-state index in [2.05, 4.69) is 15.5 Å². The van der Waals surface area contributed by atoms with Gasteiger partial charge in [-0.3, -0.25) is 9.20 Å². The van der Waals surface area contributed by atoms with E-state index in [0.717, 1.165) is 11.3 Å². The van der Waals surface area contributed by atoms with E-state index >= 15 is 0 Å². The SMILES string of the molecule is Cc1cccc(NC(=O)CSc2nnc3ccc(N)cn23)c1. The van der Waals surface area contributed by atoms with Gasteiger partial charge in [-0.25, -0.2) is 0 Å². The van der Waals surface area contributed by atoms with Gasteiger partial charge in [-0.1, -0.05) is 23.9 Å². The van der Waals surface area contributed by atoms with E-state index in [1.165, 1.54) is 11.8 Å². The maximum absolute atomic E-state index is 12.0. The van der Waals surface area contributed by atoms with Gasteiger partial charge < -0.3 is 11.1 Å². The van der Waals surface area contributed by atoms with Crippen molar-refractivity contribution >= 4 is 34.7 Å². The highest BCUT2D eigenvalue weighted by molar-refractivity contribution is 7.99. The largest absolute Gasteiger partial charge is 0.398 e. The molecule has 0 aliphatic rings. The number of fused-ring (bicyclic) bond motifs is 1. The lowest BCUT2D eigenvalue weighted by molar-refractivity contribution is -0.113. The van der Waals surface area contributed by atoms with Crippen LogP contribution < -0.4 is 11.1 Å². The maximum atomic E-state index is 12.0. The van der Waals surface area contributed by atoms with Crippen molar-refractivity contribution < 1.29 is 4.79 Å². The summed E-state index contributed by atoms with van der Waals surface area (Å²) in [6, 6.07) is 11.2. The lowest BCUT2D eigenvalue weighted by atomic mass is 10.2. The number of amides is 1. The molecule has 6 nitrogen and oxygen atoms in total. The quantitative estimate of drug-likeness (QED) is 0.722. The van der Waals surface area contributed by atoms with E-state index in [1.807, 2.05) is 31.2 Å². The standard InChI is InChI=1S/C15H15N5OS/c1-10-3-2-4-12(7-10)17-14(21)9-22-15-19-18-13-6-5-11(16)8-20(13)15/h2-8H,9,16H2,1H3,(H,17,21). The van der Waals surface area contributed by atoms with Crippen LogP contribution in [0.1, 0.15) is 5.56 Å². The zero-order chi connectivity index (χ0) is 15.5. The first-order chi connectivity index (χ1) is 10.6. The topological polar surface area (TPSA) is 85.3 Å². The third kappa shape index (κ3) is 3.20. The molecule has 0 aliphatic carbocycles. The van der Waals surface area contributed by atoms with Crippen LogP contribution in [0.4, 0.5) is 11.4 Å². The number of nitrogens with zero attached hydrogens (tertiary/aromatic N) is 3. The summed E-state index contributed by atoms with van der Waals surface area (Å²) in [7, 11) is 0. The number of thioether (sulfide) groups is 1. The van der Waals surface area contributed by atoms with E-state index in [4.69, 9.17) is 5.73 Å². The Hall–Kier alpha value is -2.54. The summed E-state index contributed by atoms with van der Waals surface area (Å²) in [6.07, 6.45) is 1.75. The molecular weight excluding hydrogens is 298 g/mol. The summed E-state index contributed by atoms with van der Waals surface area (Å²) < 4.78 is 1.78. The second kappa shape index (κ2) is 6.07. The predicted molar refractivity (Wildman–Crippen MR) is 87.9 cm³/mol. The molecule has 0 aliphatic heterocycles. The Morgan fingerprint density at radius 3 is 3.00 bits per heavy atom. The van der Waals surface area contributed by atoms with Crippen molar-refractivity contribution in [3.05, 3.63) is 48.2 Å². The molecule has 0 fully saturated rings. The van der Waals surface area contributed by atoms with Gasteiger partial charge in [0.2, 0.25) is 5.91 Å². The molecule has 3 rings (SSSR count). The van der Waals surface area contributed by atoms with Crippen LogP contribution in [0.2, 0.25) is 0 Å². The number of anilines is 2. The zero-order valence-corrected chi connectivity index (χ0v) is 12.8. The Labute approximate surface area is 131 Å². The maximum Gasteiger partial charge on any atom is 0.234 e. The number of pyridine rings is 1. The smallest absolute Gasteiger partial charge is 0.234 e. The van der Waals surface area contributed by atoms with E-state index in [9.17, 15) is 4.79 Å². The number of hydrogen-bond donors (Lipinski definition) is 2. The lowest BCUT2D eigenvalue weighted by Crippen LogP contribution is -2.14.